The van der Waals surface area contributed by atoms with Gasteiger partial charge in [-0.15, -0.1) is 0 Å². The number of imidazole rings is 1. The largest absolute Gasteiger partial charge is 0.435 e. The number of halogens is 3. The first kappa shape index (κ1) is 12.3. The number of fused-ring (bicyclic) bond motifs is 1. The van der Waals surface area contributed by atoms with Crippen LogP contribution in [0.5, 0.6) is 0 Å². The summed E-state index contributed by atoms with van der Waals surface area (Å²) in [5.74, 6) is 0. The van der Waals surface area contributed by atoms with E-state index in [4.69, 9.17) is 4.74 Å². The Morgan fingerprint density at radius 1 is 1.21 bits per heavy atom. The van der Waals surface area contributed by atoms with Crippen molar-refractivity contribution < 1.29 is 17.9 Å². The fraction of sp³-hybridized carbons (Fsp3) is 0.545. The van der Waals surface area contributed by atoms with Crippen molar-refractivity contribution in [3.63, 3.8) is 0 Å². The van der Waals surface area contributed by atoms with Crippen molar-refractivity contribution in [2.45, 2.75) is 31.7 Å². The van der Waals surface area contributed by atoms with Gasteiger partial charge in [0, 0.05) is 6.61 Å². The van der Waals surface area contributed by atoms with Crippen molar-refractivity contribution in [3.05, 3.63) is 18.3 Å². The zero-order valence-corrected chi connectivity index (χ0v) is 9.89. The van der Waals surface area contributed by atoms with Gasteiger partial charge in [0.15, 0.2) is 11.3 Å². The van der Waals surface area contributed by atoms with Crippen LogP contribution < -0.4 is 0 Å². The molecule has 8 heteroatoms. The Morgan fingerprint density at radius 2 is 2.05 bits per heavy atom. The van der Waals surface area contributed by atoms with Crippen LogP contribution in [0, 0.1) is 0 Å². The minimum absolute atomic E-state index is 0.161. The third-order valence-electron chi connectivity index (χ3n) is 3.09. The summed E-state index contributed by atoms with van der Waals surface area (Å²) in [6.07, 6.45) is 0.101. The first-order chi connectivity index (χ1) is 9.07. The standard InChI is InChI=1S/C11H11F3N4O/c12-11(13,14)9-8-10(16-5-15-9)18(6-17-8)7-3-1-2-4-19-7/h5-7H,1-4H2. The van der Waals surface area contributed by atoms with E-state index < -0.39 is 11.9 Å². The van der Waals surface area contributed by atoms with Crippen molar-refractivity contribution >= 4 is 11.2 Å². The molecular weight excluding hydrogens is 261 g/mol. The van der Waals surface area contributed by atoms with Gasteiger partial charge >= 0.3 is 6.18 Å². The molecule has 1 unspecified atom stereocenters. The topological polar surface area (TPSA) is 52.8 Å². The van der Waals surface area contributed by atoms with Crippen LogP contribution in [0.3, 0.4) is 0 Å². The highest BCUT2D eigenvalue weighted by molar-refractivity contribution is 5.73. The third kappa shape index (κ3) is 2.16. The molecule has 0 N–H and O–H groups in total. The highest BCUT2D eigenvalue weighted by Gasteiger charge is 2.36. The van der Waals surface area contributed by atoms with Gasteiger partial charge in [-0.25, -0.2) is 15.0 Å². The lowest BCUT2D eigenvalue weighted by molar-refractivity contribution is -0.140. The highest BCUT2D eigenvalue weighted by Crippen LogP contribution is 2.33. The van der Waals surface area contributed by atoms with Gasteiger partial charge in [0.05, 0.1) is 6.33 Å². The summed E-state index contributed by atoms with van der Waals surface area (Å²) < 4.78 is 45.5. The Hall–Kier alpha value is -1.70. The molecule has 1 aliphatic rings. The quantitative estimate of drug-likeness (QED) is 0.800. The number of nitrogens with zero attached hydrogens (tertiary/aromatic N) is 4. The lowest BCUT2D eigenvalue weighted by Crippen LogP contribution is -2.18. The van der Waals surface area contributed by atoms with Gasteiger partial charge in [-0.3, -0.25) is 4.57 Å². The lowest BCUT2D eigenvalue weighted by atomic mass is 10.2. The van der Waals surface area contributed by atoms with Gasteiger partial charge < -0.3 is 4.74 Å². The Bertz CT molecular complexity index is 589. The predicted molar refractivity (Wildman–Crippen MR) is 59.2 cm³/mol. The van der Waals surface area contributed by atoms with Crippen molar-refractivity contribution in [3.8, 4) is 0 Å². The average molecular weight is 272 g/mol. The lowest BCUT2D eigenvalue weighted by Gasteiger charge is -2.23. The van der Waals surface area contributed by atoms with Gasteiger partial charge in [0.25, 0.3) is 0 Å². The minimum Gasteiger partial charge on any atom is -0.358 e. The van der Waals surface area contributed by atoms with E-state index in [2.05, 4.69) is 15.0 Å². The number of hydrogen-bond acceptors (Lipinski definition) is 4. The number of aromatic nitrogens is 4. The zero-order chi connectivity index (χ0) is 13.5. The van der Waals surface area contributed by atoms with Gasteiger partial charge in [0.1, 0.15) is 18.1 Å². The van der Waals surface area contributed by atoms with E-state index in [1.807, 2.05) is 0 Å². The minimum atomic E-state index is -4.53. The first-order valence-electron chi connectivity index (χ1n) is 5.93. The van der Waals surface area contributed by atoms with Crippen LogP contribution in [0.4, 0.5) is 13.2 Å². The zero-order valence-electron chi connectivity index (χ0n) is 9.89. The molecule has 0 spiro atoms. The summed E-state index contributed by atoms with van der Waals surface area (Å²) in [4.78, 5) is 11.0. The van der Waals surface area contributed by atoms with Gasteiger partial charge in [0.2, 0.25) is 0 Å². The summed E-state index contributed by atoms with van der Waals surface area (Å²) in [7, 11) is 0. The number of alkyl halides is 3. The molecule has 1 aliphatic heterocycles. The molecule has 0 saturated carbocycles. The van der Waals surface area contributed by atoms with Crippen molar-refractivity contribution in [2.75, 3.05) is 6.61 Å². The van der Waals surface area contributed by atoms with Gasteiger partial charge in [-0.1, -0.05) is 0 Å². The molecule has 1 saturated heterocycles. The number of ether oxygens (including phenoxy) is 1. The van der Waals surface area contributed by atoms with Crippen molar-refractivity contribution in [1.82, 2.24) is 19.5 Å². The second kappa shape index (κ2) is 4.44. The molecule has 2 aromatic heterocycles. The monoisotopic (exact) mass is 272 g/mol. The average Bonchev–Trinajstić information content (AvgIpc) is 2.82. The summed E-state index contributed by atoms with van der Waals surface area (Å²) in [5, 5.41) is 0. The molecular formula is C11H11F3N4O. The molecule has 0 aromatic carbocycles. The molecule has 0 radical (unpaired) electrons. The van der Waals surface area contributed by atoms with Crippen LogP contribution in [0.25, 0.3) is 11.2 Å². The Kier molecular flexibility index (Phi) is 2.89. The molecule has 102 valence electrons. The molecule has 0 bridgehead atoms. The molecule has 2 aromatic rings. The van der Waals surface area contributed by atoms with Crippen LogP contribution in [-0.2, 0) is 10.9 Å². The van der Waals surface area contributed by atoms with E-state index in [1.54, 1.807) is 4.57 Å². The van der Waals surface area contributed by atoms with Crippen LogP contribution in [0.2, 0.25) is 0 Å². The fourth-order valence-electron chi connectivity index (χ4n) is 2.21. The fourth-order valence-corrected chi connectivity index (χ4v) is 2.21. The maximum Gasteiger partial charge on any atom is 0.435 e. The Balaban J connectivity index is 2.08. The van der Waals surface area contributed by atoms with Crippen molar-refractivity contribution in [2.24, 2.45) is 0 Å². The summed E-state index contributed by atoms with van der Waals surface area (Å²) in [5.41, 5.74) is -1.08. The van der Waals surface area contributed by atoms with E-state index in [-0.39, 0.29) is 17.4 Å². The number of rotatable bonds is 1. The van der Waals surface area contributed by atoms with E-state index >= 15 is 0 Å². The molecule has 3 heterocycles. The maximum absolute atomic E-state index is 12.8. The second-order valence-electron chi connectivity index (χ2n) is 4.37. The third-order valence-corrected chi connectivity index (χ3v) is 3.09. The summed E-state index contributed by atoms with van der Waals surface area (Å²) in [6, 6.07) is 0. The van der Waals surface area contributed by atoms with Crippen LogP contribution in [0.15, 0.2) is 12.7 Å². The van der Waals surface area contributed by atoms with E-state index in [0.29, 0.717) is 6.61 Å². The highest BCUT2D eigenvalue weighted by atomic mass is 19.4. The molecule has 0 aliphatic carbocycles. The predicted octanol–water partition coefficient (Wildman–Crippen LogP) is 2.54. The van der Waals surface area contributed by atoms with Crippen LogP contribution in [-0.4, -0.2) is 26.1 Å². The summed E-state index contributed by atoms with van der Waals surface area (Å²) in [6.45, 7) is 0.599. The summed E-state index contributed by atoms with van der Waals surface area (Å²) >= 11 is 0. The molecule has 3 rings (SSSR count). The van der Waals surface area contributed by atoms with Crippen molar-refractivity contribution in [1.29, 1.82) is 0 Å². The van der Waals surface area contributed by atoms with E-state index in [0.717, 1.165) is 25.6 Å². The Labute approximate surface area is 106 Å². The SMILES string of the molecule is FC(F)(F)c1ncnc2c1ncn2C1CCCCO1. The molecule has 5 nitrogen and oxygen atoms in total. The second-order valence-corrected chi connectivity index (χ2v) is 4.37. The van der Waals surface area contributed by atoms with E-state index in [1.165, 1.54) is 6.33 Å². The molecule has 0 amide bonds. The molecule has 19 heavy (non-hydrogen) atoms. The van der Waals surface area contributed by atoms with Gasteiger partial charge in [-0.05, 0) is 19.3 Å². The van der Waals surface area contributed by atoms with Crippen LogP contribution in [0.1, 0.15) is 31.2 Å². The van der Waals surface area contributed by atoms with Gasteiger partial charge in [-0.2, -0.15) is 13.2 Å². The Morgan fingerprint density at radius 3 is 2.74 bits per heavy atom. The smallest absolute Gasteiger partial charge is 0.358 e. The molecule has 1 atom stereocenters. The number of hydrogen-bond donors (Lipinski definition) is 0. The van der Waals surface area contributed by atoms with Crippen LogP contribution >= 0.6 is 0 Å². The molecule has 1 fully saturated rings. The maximum atomic E-state index is 12.8. The van der Waals surface area contributed by atoms with E-state index in [9.17, 15) is 13.2 Å². The normalized spacial score (nSPS) is 20.9. The first-order valence-corrected chi connectivity index (χ1v) is 5.93.